The Morgan fingerprint density at radius 2 is 1.79 bits per heavy atom. The Balaban J connectivity index is 2.30. The zero-order chi connectivity index (χ0) is 14.1. The van der Waals surface area contributed by atoms with Gasteiger partial charge in [-0.2, -0.15) is 0 Å². The van der Waals surface area contributed by atoms with E-state index in [4.69, 9.17) is 15.2 Å². The van der Waals surface area contributed by atoms with E-state index in [2.05, 4.69) is 13.8 Å². The number of nitrogens with two attached hydrogens (primary N) is 1. The summed E-state index contributed by atoms with van der Waals surface area (Å²) in [6.45, 7) is 6.58. The number of aliphatic hydroxyl groups is 1. The number of aliphatic hydroxyl groups excluding tert-OH is 1. The zero-order valence-corrected chi connectivity index (χ0v) is 12.5. The average molecular weight is 273 g/mol. The lowest BCUT2D eigenvalue weighted by atomic mass is 9.82. The van der Waals surface area contributed by atoms with Crippen molar-refractivity contribution in [2.45, 2.75) is 70.6 Å². The highest BCUT2D eigenvalue weighted by molar-refractivity contribution is 4.89. The standard InChI is InChI=1S/C15H31NO3/c1-3-5-7-18-11-12-9-13(17)15(16)14(10-12)19-8-6-4-2/h12-15,17H,3-11,16H2,1-2H3/t12-,13+,14-,15-/m1/s1. The first kappa shape index (κ1) is 16.9. The molecule has 0 aromatic rings. The summed E-state index contributed by atoms with van der Waals surface area (Å²) < 4.78 is 11.5. The second-order valence-corrected chi connectivity index (χ2v) is 5.67. The van der Waals surface area contributed by atoms with Gasteiger partial charge < -0.3 is 20.3 Å². The van der Waals surface area contributed by atoms with Crippen LogP contribution in [0.5, 0.6) is 0 Å². The molecule has 4 atom stereocenters. The molecule has 0 amide bonds. The third-order valence-electron chi connectivity index (χ3n) is 3.84. The summed E-state index contributed by atoms with van der Waals surface area (Å²) in [5.41, 5.74) is 6.03. The van der Waals surface area contributed by atoms with Gasteiger partial charge in [-0.15, -0.1) is 0 Å². The first-order chi connectivity index (χ1) is 9.19. The number of ether oxygens (including phenoxy) is 2. The van der Waals surface area contributed by atoms with Crippen molar-refractivity contribution < 1.29 is 14.6 Å². The largest absolute Gasteiger partial charge is 0.391 e. The summed E-state index contributed by atoms with van der Waals surface area (Å²) >= 11 is 0. The first-order valence-electron chi connectivity index (χ1n) is 7.82. The van der Waals surface area contributed by atoms with E-state index in [1.165, 1.54) is 0 Å². The van der Waals surface area contributed by atoms with Crippen molar-refractivity contribution in [1.29, 1.82) is 0 Å². The van der Waals surface area contributed by atoms with Crippen molar-refractivity contribution in [2.24, 2.45) is 11.7 Å². The summed E-state index contributed by atoms with van der Waals surface area (Å²) in [5.74, 6) is 0.373. The molecule has 0 aliphatic heterocycles. The van der Waals surface area contributed by atoms with E-state index in [0.717, 1.165) is 58.3 Å². The van der Waals surface area contributed by atoms with Crippen LogP contribution in [0.2, 0.25) is 0 Å². The smallest absolute Gasteiger partial charge is 0.0754 e. The fourth-order valence-electron chi connectivity index (χ4n) is 2.52. The van der Waals surface area contributed by atoms with E-state index in [9.17, 15) is 5.11 Å². The minimum Gasteiger partial charge on any atom is -0.391 e. The predicted octanol–water partition coefficient (Wildman–Crippen LogP) is 2.09. The van der Waals surface area contributed by atoms with E-state index < -0.39 is 6.10 Å². The summed E-state index contributed by atoms with van der Waals surface area (Å²) in [4.78, 5) is 0. The van der Waals surface area contributed by atoms with Gasteiger partial charge in [0.2, 0.25) is 0 Å². The molecule has 1 aliphatic carbocycles. The van der Waals surface area contributed by atoms with E-state index >= 15 is 0 Å². The number of hydrogen-bond acceptors (Lipinski definition) is 4. The quantitative estimate of drug-likeness (QED) is 0.631. The third kappa shape index (κ3) is 6.21. The molecule has 0 heterocycles. The fourth-order valence-corrected chi connectivity index (χ4v) is 2.52. The first-order valence-corrected chi connectivity index (χ1v) is 7.82. The van der Waals surface area contributed by atoms with Gasteiger partial charge in [-0.1, -0.05) is 26.7 Å². The maximum atomic E-state index is 10.0. The van der Waals surface area contributed by atoms with E-state index in [-0.39, 0.29) is 12.1 Å². The van der Waals surface area contributed by atoms with Crippen LogP contribution >= 0.6 is 0 Å². The van der Waals surface area contributed by atoms with Gasteiger partial charge in [0.15, 0.2) is 0 Å². The highest BCUT2D eigenvalue weighted by Crippen LogP contribution is 2.26. The van der Waals surface area contributed by atoms with Crippen LogP contribution < -0.4 is 5.73 Å². The average Bonchev–Trinajstić information content (AvgIpc) is 2.40. The molecule has 1 aliphatic rings. The molecule has 19 heavy (non-hydrogen) atoms. The van der Waals surface area contributed by atoms with Crippen LogP contribution in [0.1, 0.15) is 52.4 Å². The van der Waals surface area contributed by atoms with Crippen molar-refractivity contribution in [3.8, 4) is 0 Å². The Kier molecular flexibility index (Phi) is 8.62. The molecule has 114 valence electrons. The molecule has 0 unspecified atom stereocenters. The molecule has 1 fully saturated rings. The number of rotatable bonds is 9. The van der Waals surface area contributed by atoms with Gasteiger partial charge in [0.05, 0.1) is 18.2 Å². The fraction of sp³-hybridized carbons (Fsp3) is 1.00. The van der Waals surface area contributed by atoms with Crippen LogP contribution in [0.15, 0.2) is 0 Å². The van der Waals surface area contributed by atoms with Crippen LogP contribution in [0.25, 0.3) is 0 Å². The van der Waals surface area contributed by atoms with Crippen LogP contribution in [-0.2, 0) is 9.47 Å². The van der Waals surface area contributed by atoms with E-state index in [0.29, 0.717) is 5.92 Å². The molecule has 0 bridgehead atoms. The summed E-state index contributed by atoms with van der Waals surface area (Å²) in [6.07, 6.45) is 5.60. The lowest BCUT2D eigenvalue weighted by Gasteiger charge is -2.37. The van der Waals surface area contributed by atoms with Crippen molar-refractivity contribution in [3.05, 3.63) is 0 Å². The highest BCUT2D eigenvalue weighted by atomic mass is 16.5. The SMILES string of the molecule is CCCCOC[C@@H]1C[C@H](O)[C@@H](N)[C@H](OCCCC)C1. The number of unbranched alkanes of at least 4 members (excludes halogenated alkanes) is 2. The van der Waals surface area contributed by atoms with Crippen molar-refractivity contribution >= 4 is 0 Å². The second-order valence-electron chi connectivity index (χ2n) is 5.67. The van der Waals surface area contributed by atoms with Gasteiger partial charge in [-0.05, 0) is 31.6 Å². The maximum absolute atomic E-state index is 10.0. The molecule has 0 aromatic heterocycles. The Labute approximate surface area is 117 Å². The Morgan fingerprint density at radius 1 is 1.11 bits per heavy atom. The summed E-state index contributed by atoms with van der Waals surface area (Å²) in [7, 11) is 0. The Morgan fingerprint density at radius 3 is 2.47 bits per heavy atom. The normalized spacial score (nSPS) is 31.6. The van der Waals surface area contributed by atoms with Crippen LogP contribution in [0, 0.1) is 5.92 Å². The van der Waals surface area contributed by atoms with Gasteiger partial charge in [-0.25, -0.2) is 0 Å². The topological polar surface area (TPSA) is 64.7 Å². The molecule has 0 aromatic carbocycles. The van der Waals surface area contributed by atoms with Gasteiger partial charge >= 0.3 is 0 Å². The Hall–Kier alpha value is -0.160. The van der Waals surface area contributed by atoms with Crippen molar-refractivity contribution in [2.75, 3.05) is 19.8 Å². The molecule has 0 radical (unpaired) electrons. The molecule has 4 nitrogen and oxygen atoms in total. The monoisotopic (exact) mass is 273 g/mol. The van der Waals surface area contributed by atoms with Gasteiger partial charge in [0.25, 0.3) is 0 Å². The molecular weight excluding hydrogens is 242 g/mol. The third-order valence-corrected chi connectivity index (χ3v) is 3.84. The molecule has 1 saturated carbocycles. The van der Waals surface area contributed by atoms with E-state index in [1.807, 2.05) is 0 Å². The summed E-state index contributed by atoms with van der Waals surface area (Å²) in [5, 5.41) is 10.0. The highest BCUT2D eigenvalue weighted by Gasteiger charge is 2.35. The molecular formula is C15H31NO3. The zero-order valence-electron chi connectivity index (χ0n) is 12.5. The van der Waals surface area contributed by atoms with Gasteiger partial charge in [0.1, 0.15) is 0 Å². The predicted molar refractivity (Wildman–Crippen MR) is 77.1 cm³/mol. The van der Waals surface area contributed by atoms with Gasteiger partial charge in [-0.3, -0.25) is 0 Å². The molecule has 0 spiro atoms. The number of hydrogen-bond donors (Lipinski definition) is 2. The Bertz CT molecular complexity index is 225. The van der Waals surface area contributed by atoms with Gasteiger partial charge in [0, 0.05) is 19.8 Å². The van der Waals surface area contributed by atoms with Crippen LogP contribution in [-0.4, -0.2) is 43.2 Å². The lowest BCUT2D eigenvalue weighted by molar-refractivity contribution is -0.0645. The second kappa shape index (κ2) is 9.70. The minimum atomic E-state index is -0.458. The van der Waals surface area contributed by atoms with Crippen LogP contribution in [0.4, 0.5) is 0 Å². The molecule has 1 rings (SSSR count). The van der Waals surface area contributed by atoms with Crippen molar-refractivity contribution in [1.82, 2.24) is 0 Å². The van der Waals surface area contributed by atoms with Crippen molar-refractivity contribution in [3.63, 3.8) is 0 Å². The molecule has 0 saturated heterocycles. The molecule has 4 heteroatoms. The minimum absolute atomic E-state index is 0.0184. The maximum Gasteiger partial charge on any atom is 0.0754 e. The molecule has 3 N–H and O–H groups in total. The van der Waals surface area contributed by atoms with E-state index in [1.54, 1.807) is 0 Å². The summed E-state index contributed by atoms with van der Waals surface area (Å²) in [6, 6.07) is -0.247. The lowest BCUT2D eigenvalue weighted by Crippen LogP contribution is -2.52. The van der Waals surface area contributed by atoms with Crippen LogP contribution in [0.3, 0.4) is 0 Å².